The standard InChI is InChI=1S/C16H24O2/c1-16(2,15(17)18)13-9-4-3-6-10-14-11-7-5-8-12-14/h5,7-8,11-12H,3-4,6,9-10,13H2,1-2H3,(H,17,18). The summed E-state index contributed by atoms with van der Waals surface area (Å²) >= 11 is 0. The summed E-state index contributed by atoms with van der Waals surface area (Å²) in [5.74, 6) is -0.688. The van der Waals surface area contributed by atoms with Crippen molar-refractivity contribution < 1.29 is 9.90 Å². The van der Waals surface area contributed by atoms with E-state index in [1.54, 1.807) is 13.8 Å². The van der Waals surface area contributed by atoms with Gasteiger partial charge < -0.3 is 5.11 Å². The number of unbranched alkanes of at least 4 members (excludes halogenated alkanes) is 3. The van der Waals surface area contributed by atoms with Crippen LogP contribution in [0.15, 0.2) is 30.3 Å². The molecule has 100 valence electrons. The number of aliphatic carboxylic acids is 1. The van der Waals surface area contributed by atoms with Crippen LogP contribution < -0.4 is 0 Å². The van der Waals surface area contributed by atoms with Gasteiger partial charge in [0.15, 0.2) is 0 Å². The number of rotatable bonds is 8. The Morgan fingerprint density at radius 3 is 2.28 bits per heavy atom. The highest BCUT2D eigenvalue weighted by Crippen LogP contribution is 2.24. The number of aryl methyl sites for hydroxylation is 1. The minimum absolute atomic E-state index is 0.570. The van der Waals surface area contributed by atoms with Crippen LogP contribution in [-0.4, -0.2) is 11.1 Å². The quantitative estimate of drug-likeness (QED) is 0.697. The summed E-state index contributed by atoms with van der Waals surface area (Å²) in [6.45, 7) is 3.61. The first-order chi connectivity index (χ1) is 8.52. The molecule has 0 bridgehead atoms. The van der Waals surface area contributed by atoms with Crippen molar-refractivity contribution in [2.24, 2.45) is 5.41 Å². The Balaban J connectivity index is 2.08. The van der Waals surface area contributed by atoms with Crippen LogP contribution >= 0.6 is 0 Å². The summed E-state index contributed by atoms with van der Waals surface area (Å²) in [5.41, 5.74) is 0.822. The van der Waals surface area contributed by atoms with E-state index in [9.17, 15) is 4.79 Å². The zero-order valence-corrected chi connectivity index (χ0v) is 11.5. The summed E-state index contributed by atoms with van der Waals surface area (Å²) in [7, 11) is 0. The lowest BCUT2D eigenvalue weighted by atomic mass is 9.87. The van der Waals surface area contributed by atoms with E-state index in [4.69, 9.17) is 5.11 Å². The first kappa shape index (κ1) is 14.7. The molecule has 0 aliphatic carbocycles. The third-order valence-corrected chi connectivity index (χ3v) is 3.44. The number of carboxylic acids is 1. The molecule has 0 aromatic heterocycles. The summed E-state index contributed by atoms with van der Waals surface area (Å²) < 4.78 is 0. The van der Waals surface area contributed by atoms with Crippen LogP contribution in [0.4, 0.5) is 0 Å². The van der Waals surface area contributed by atoms with Crippen LogP contribution in [0.5, 0.6) is 0 Å². The van der Waals surface area contributed by atoms with Gasteiger partial charge in [-0.3, -0.25) is 4.79 Å². The Labute approximate surface area is 110 Å². The van der Waals surface area contributed by atoms with Crippen molar-refractivity contribution in [2.45, 2.75) is 52.4 Å². The minimum atomic E-state index is -0.688. The van der Waals surface area contributed by atoms with Crippen molar-refractivity contribution in [3.8, 4) is 0 Å². The fourth-order valence-corrected chi connectivity index (χ4v) is 2.00. The lowest BCUT2D eigenvalue weighted by molar-refractivity contribution is -0.147. The third-order valence-electron chi connectivity index (χ3n) is 3.44. The minimum Gasteiger partial charge on any atom is -0.481 e. The van der Waals surface area contributed by atoms with Gasteiger partial charge in [-0.05, 0) is 38.7 Å². The Morgan fingerprint density at radius 1 is 1.06 bits per heavy atom. The van der Waals surface area contributed by atoms with Gasteiger partial charge in [-0.1, -0.05) is 49.6 Å². The molecule has 0 unspecified atom stereocenters. The van der Waals surface area contributed by atoms with Gasteiger partial charge in [0.25, 0.3) is 0 Å². The number of carboxylic acid groups (broad SMARTS) is 1. The molecular weight excluding hydrogens is 224 g/mol. The molecule has 0 saturated carbocycles. The fraction of sp³-hybridized carbons (Fsp3) is 0.562. The lowest BCUT2D eigenvalue weighted by Gasteiger charge is -2.18. The summed E-state index contributed by atoms with van der Waals surface area (Å²) in [6.07, 6.45) is 6.41. The van der Waals surface area contributed by atoms with Crippen LogP contribution in [-0.2, 0) is 11.2 Å². The highest BCUT2D eigenvalue weighted by Gasteiger charge is 2.25. The zero-order chi connectivity index (χ0) is 13.4. The van der Waals surface area contributed by atoms with E-state index in [-0.39, 0.29) is 0 Å². The van der Waals surface area contributed by atoms with Crippen molar-refractivity contribution in [2.75, 3.05) is 0 Å². The second-order valence-corrected chi connectivity index (χ2v) is 5.59. The summed E-state index contributed by atoms with van der Waals surface area (Å²) in [5, 5.41) is 8.99. The van der Waals surface area contributed by atoms with Gasteiger partial charge in [0.1, 0.15) is 0 Å². The predicted octanol–water partition coefficient (Wildman–Crippen LogP) is 4.29. The second-order valence-electron chi connectivity index (χ2n) is 5.59. The molecule has 0 heterocycles. The van der Waals surface area contributed by atoms with E-state index in [0.717, 1.165) is 25.7 Å². The Bertz CT molecular complexity index is 355. The van der Waals surface area contributed by atoms with Gasteiger partial charge in [-0.2, -0.15) is 0 Å². The lowest BCUT2D eigenvalue weighted by Crippen LogP contribution is -2.23. The second kappa shape index (κ2) is 7.20. The monoisotopic (exact) mass is 248 g/mol. The normalized spacial score (nSPS) is 11.4. The zero-order valence-electron chi connectivity index (χ0n) is 11.5. The number of hydrogen-bond acceptors (Lipinski definition) is 1. The molecule has 0 fully saturated rings. The van der Waals surface area contributed by atoms with E-state index in [1.165, 1.54) is 18.4 Å². The van der Waals surface area contributed by atoms with Gasteiger partial charge in [-0.15, -0.1) is 0 Å². The van der Waals surface area contributed by atoms with Crippen molar-refractivity contribution in [1.82, 2.24) is 0 Å². The average Bonchev–Trinajstić information content (AvgIpc) is 2.34. The van der Waals surface area contributed by atoms with Gasteiger partial charge >= 0.3 is 5.97 Å². The average molecular weight is 248 g/mol. The SMILES string of the molecule is CC(C)(CCCCCCc1ccccc1)C(=O)O. The highest BCUT2D eigenvalue weighted by molar-refractivity contribution is 5.73. The van der Waals surface area contributed by atoms with E-state index < -0.39 is 11.4 Å². The third kappa shape index (κ3) is 5.35. The van der Waals surface area contributed by atoms with Crippen LogP contribution in [0.25, 0.3) is 0 Å². The molecule has 0 aliphatic rings. The molecule has 0 radical (unpaired) electrons. The molecule has 0 spiro atoms. The van der Waals surface area contributed by atoms with Crippen LogP contribution in [0.2, 0.25) is 0 Å². The molecule has 1 rings (SSSR count). The number of benzene rings is 1. The van der Waals surface area contributed by atoms with Crippen LogP contribution in [0.3, 0.4) is 0 Å². The van der Waals surface area contributed by atoms with Crippen LogP contribution in [0.1, 0.15) is 51.5 Å². The molecule has 0 aliphatic heterocycles. The molecule has 0 atom stereocenters. The van der Waals surface area contributed by atoms with E-state index in [0.29, 0.717) is 0 Å². The van der Waals surface area contributed by atoms with Gasteiger partial charge in [0.2, 0.25) is 0 Å². The summed E-state index contributed by atoms with van der Waals surface area (Å²) in [4.78, 5) is 10.9. The molecule has 0 saturated heterocycles. The topological polar surface area (TPSA) is 37.3 Å². The molecule has 18 heavy (non-hydrogen) atoms. The molecule has 1 aromatic rings. The van der Waals surface area contributed by atoms with Gasteiger partial charge in [0.05, 0.1) is 5.41 Å². The van der Waals surface area contributed by atoms with E-state index in [2.05, 4.69) is 24.3 Å². The fourth-order valence-electron chi connectivity index (χ4n) is 2.00. The highest BCUT2D eigenvalue weighted by atomic mass is 16.4. The maximum absolute atomic E-state index is 10.9. The Morgan fingerprint density at radius 2 is 1.67 bits per heavy atom. The van der Waals surface area contributed by atoms with Crippen molar-refractivity contribution >= 4 is 5.97 Å². The molecule has 0 amide bonds. The summed E-state index contributed by atoms with van der Waals surface area (Å²) in [6, 6.07) is 10.5. The smallest absolute Gasteiger partial charge is 0.309 e. The molecule has 1 aromatic carbocycles. The first-order valence-corrected chi connectivity index (χ1v) is 6.80. The number of hydrogen-bond donors (Lipinski definition) is 1. The Kier molecular flexibility index (Phi) is 5.90. The predicted molar refractivity (Wildman–Crippen MR) is 74.6 cm³/mol. The van der Waals surface area contributed by atoms with Gasteiger partial charge in [-0.25, -0.2) is 0 Å². The molecule has 2 heteroatoms. The van der Waals surface area contributed by atoms with E-state index in [1.807, 2.05) is 6.07 Å². The Hall–Kier alpha value is -1.31. The molecular formula is C16H24O2. The van der Waals surface area contributed by atoms with Crippen molar-refractivity contribution in [3.63, 3.8) is 0 Å². The van der Waals surface area contributed by atoms with Crippen molar-refractivity contribution in [3.05, 3.63) is 35.9 Å². The van der Waals surface area contributed by atoms with Crippen LogP contribution in [0, 0.1) is 5.41 Å². The largest absolute Gasteiger partial charge is 0.481 e. The van der Waals surface area contributed by atoms with Gasteiger partial charge in [0, 0.05) is 0 Å². The first-order valence-electron chi connectivity index (χ1n) is 6.80. The number of carbonyl (C=O) groups is 1. The van der Waals surface area contributed by atoms with Crippen molar-refractivity contribution in [1.29, 1.82) is 0 Å². The molecule has 2 nitrogen and oxygen atoms in total. The van der Waals surface area contributed by atoms with E-state index >= 15 is 0 Å². The maximum atomic E-state index is 10.9. The maximum Gasteiger partial charge on any atom is 0.309 e. The molecule has 1 N–H and O–H groups in total.